The summed E-state index contributed by atoms with van der Waals surface area (Å²) in [7, 11) is 0. The maximum absolute atomic E-state index is 13.0. The minimum absolute atomic E-state index is 0.0145. The molecule has 2 heteroatoms. The first-order valence-electron chi connectivity index (χ1n) is 12.7. The van der Waals surface area contributed by atoms with Crippen LogP contribution in [0.25, 0.3) is 0 Å². The van der Waals surface area contributed by atoms with Crippen LogP contribution in [-0.4, -0.2) is 11.1 Å². The van der Waals surface area contributed by atoms with E-state index >= 15 is 0 Å². The summed E-state index contributed by atoms with van der Waals surface area (Å²) in [6.45, 7) is 11.2. The van der Waals surface area contributed by atoms with Crippen LogP contribution in [0.2, 0.25) is 0 Å². The monoisotopic (exact) mass is 396 g/mol. The molecule has 0 aromatic rings. The number of carboxylic acids is 1. The van der Waals surface area contributed by atoms with Gasteiger partial charge in [-0.2, -0.15) is 0 Å². The lowest BCUT2D eigenvalue weighted by atomic mass is 9.53. The van der Waals surface area contributed by atoms with Gasteiger partial charge in [-0.05, 0) is 37.5 Å². The summed E-state index contributed by atoms with van der Waals surface area (Å²) < 4.78 is 0. The molecule has 0 amide bonds. The molecule has 0 unspecified atom stereocenters. The van der Waals surface area contributed by atoms with Gasteiger partial charge in [0.15, 0.2) is 0 Å². The van der Waals surface area contributed by atoms with Gasteiger partial charge in [-0.15, -0.1) is 0 Å². The van der Waals surface area contributed by atoms with Crippen molar-refractivity contribution < 1.29 is 9.90 Å². The highest BCUT2D eigenvalue weighted by atomic mass is 16.4. The zero-order valence-electron chi connectivity index (χ0n) is 20.1. The Morgan fingerprint density at radius 1 is 0.536 bits per heavy atom. The zero-order valence-corrected chi connectivity index (χ0v) is 20.1. The number of hydrogen-bond acceptors (Lipinski definition) is 1. The topological polar surface area (TPSA) is 37.3 Å². The molecule has 0 atom stereocenters. The van der Waals surface area contributed by atoms with Crippen molar-refractivity contribution in [3.8, 4) is 0 Å². The molecule has 28 heavy (non-hydrogen) atoms. The number of carbonyl (C=O) groups is 1. The van der Waals surface area contributed by atoms with E-state index in [1.807, 2.05) is 0 Å². The Bertz CT molecular complexity index is 355. The van der Waals surface area contributed by atoms with E-state index in [4.69, 9.17) is 0 Å². The Labute approximate surface area is 177 Å². The first-order valence-corrected chi connectivity index (χ1v) is 12.7. The number of hydrogen-bond donors (Lipinski definition) is 1. The average molecular weight is 397 g/mol. The van der Waals surface area contributed by atoms with Gasteiger partial charge in [0.1, 0.15) is 0 Å². The van der Waals surface area contributed by atoms with Crippen molar-refractivity contribution in [2.75, 3.05) is 0 Å². The number of rotatable bonds is 20. The quantitative estimate of drug-likeness (QED) is 0.208. The standard InChI is InChI=1S/C26H52O2/c1-6-11-15-20-25(19-10-5,21-16-12-7-2)26(24(27)28,22-17-13-8-3)23-18-14-9-4/h6-23H2,1-5H3,(H,27,28). The van der Waals surface area contributed by atoms with Crippen LogP contribution in [-0.2, 0) is 4.79 Å². The number of unbranched alkanes of at least 4 members (excludes halogenated alkanes) is 8. The van der Waals surface area contributed by atoms with Crippen molar-refractivity contribution in [2.45, 2.75) is 150 Å². The van der Waals surface area contributed by atoms with Crippen molar-refractivity contribution in [1.29, 1.82) is 0 Å². The Kier molecular flexibility index (Phi) is 16.0. The van der Waals surface area contributed by atoms with Gasteiger partial charge in [-0.1, -0.05) is 118 Å². The molecular formula is C26H52O2. The third-order valence-corrected chi connectivity index (χ3v) is 7.09. The molecule has 0 bridgehead atoms. The Morgan fingerprint density at radius 3 is 1.18 bits per heavy atom. The highest BCUT2D eigenvalue weighted by Crippen LogP contribution is 2.56. The van der Waals surface area contributed by atoms with Gasteiger partial charge < -0.3 is 5.11 Å². The van der Waals surface area contributed by atoms with Gasteiger partial charge in [-0.25, -0.2) is 0 Å². The summed E-state index contributed by atoms with van der Waals surface area (Å²) in [5.74, 6) is -0.485. The second kappa shape index (κ2) is 16.3. The molecule has 0 saturated heterocycles. The normalized spacial score (nSPS) is 12.5. The fourth-order valence-corrected chi connectivity index (χ4v) is 5.45. The van der Waals surface area contributed by atoms with E-state index in [0.29, 0.717) is 0 Å². The van der Waals surface area contributed by atoms with Gasteiger partial charge in [-0.3, -0.25) is 4.79 Å². The zero-order chi connectivity index (χ0) is 21.3. The molecular weight excluding hydrogens is 344 g/mol. The van der Waals surface area contributed by atoms with Crippen molar-refractivity contribution in [1.82, 2.24) is 0 Å². The molecule has 0 saturated carbocycles. The van der Waals surface area contributed by atoms with E-state index in [1.165, 1.54) is 38.5 Å². The van der Waals surface area contributed by atoms with Crippen LogP contribution in [0.3, 0.4) is 0 Å². The minimum atomic E-state index is -0.519. The van der Waals surface area contributed by atoms with Gasteiger partial charge >= 0.3 is 5.97 Å². The lowest BCUT2D eigenvalue weighted by Gasteiger charge is -2.50. The second-order valence-corrected chi connectivity index (χ2v) is 9.25. The number of aliphatic carboxylic acids is 1. The fraction of sp³-hybridized carbons (Fsp3) is 0.962. The van der Waals surface area contributed by atoms with Gasteiger partial charge in [0.25, 0.3) is 0 Å². The summed E-state index contributed by atoms with van der Waals surface area (Å²) in [6.07, 6.45) is 20.3. The maximum Gasteiger partial charge on any atom is 0.310 e. The van der Waals surface area contributed by atoms with Crippen LogP contribution in [0, 0.1) is 10.8 Å². The Morgan fingerprint density at radius 2 is 0.893 bits per heavy atom. The summed E-state index contributed by atoms with van der Waals surface area (Å²) in [4.78, 5) is 13.0. The lowest BCUT2D eigenvalue weighted by molar-refractivity contribution is -0.164. The van der Waals surface area contributed by atoms with Crippen molar-refractivity contribution in [3.63, 3.8) is 0 Å². The highest BCUT2D eigenvalue weighted by molar-refractivity contribution is 5.76. The van der Waals surface area contributed by atoms with E-state index in [2.05, 4.69) is 34.6 Å². The molecule has 0 radical (unpaired) electrons. The first-order chi connectivity index (χ1) is 13.5. The molecule has 0 aliphatic rings. The SMILES string of the molecule is CCCCCC(CCC)(CCCCC)C(CCCCC)(CCCCC)C(=O)O. The first kappa shape index (κ1) is 27.5. The van der Waals surface area contributed by atoms with Gasteiger partial charge in [0.05, 0.1) is 5.41 Å². The number of carboxylic acid groups (broad SMARTS) is 1. The fourth-order valence-electron chi connectivity index (χ4n) is 5.45. The van der Waals surface area contributed by atoms with E-state index in [1.54, 1.807) is 0 Å². The van der Waals surface area contributed by atoms with Crippen molar-refractivity contribution >= 4 is 5.97 Å². The summed E-state index contributed by atoms with van der Waals surface area (Å²) in [5, 5.41) is 10.7. The molecule has 0 aliphatic carbocycles. The molecule has 0 heterocycles. The molecule has 0 fully saturated rings. The summed E-state index contributed by atoms with van der Waals surface area (Å²) in [6, 6.07) is 0. The van der Waals surface area contributed by atoms with Gasteiger partial charge in [0, 0.05) is 0 Å². The van der Waals surface area contributed by atoms with Gasteiger partial charge in [0.2, 0.25) is 0 Å². The molecule has 0 aromatic heterocycles. The van der Waals surface area contributed by atoms with Crippen LogP contribution < -0.4 is 0 Å². The Hall–Kier alpha value is -0.530. The van der Waals surface area contributed by atoms with Crippen LogP contribution >= 0.6 is 0 Å². The van der Waals surface area contributed by atoms with Crippen LogP contribution in [0.15, 0.2) is 0 Å². The predicted molar refractivity (Wildman–Crippen MR) is 124 cm³/mol. The maximum atomic E-state index is 13.0. The molecule has 2 nitrogen and oxygen atoms in total. The van der Waals surface area contributed by atoms with Crippen LogP contribution in [0.5, 0.6) is 0 Å². The third-order valence-electron chi connectivity index (χ3n) is 7.09. The largest absolute Gasteiger partial charge is 0.481 e. The van der Waals surface area contributed by atoms with Crippen molar-refractivity contribution in [2.24, 2.45) is 10.8 Å². The highest BCUT2D eigenvalue weighted by Gasteiger charge is 2.53. The van der Waals surface area contributed by atoms with E-state index in [9.17, 15) is 9.90 Å². The lowest BCUT2D eigenvalue weighted by Crippen LogP contribution is -2.48. The average Bonchev–Trinajstić information content (AvgIpc) is 2.67. The summed E-state index contributed by atoms with van der Waals surface area (Å²) in [5.41, 5.74) is -0.533. The summed E-state index contributed by atoms with van der Waals surface area (Å²) >= 11 is 0. The molecule has 0 rings (SSSR count). The molecule has 168 valence electrons. The molecule has 0 aromatic carbocycles. The molecule has 1 N–H and O–H groups in total. The van der Waals surface area contributed by atoms with Crippen LogP contribution in [0.1, 0.15) is 150 Å². The third kappa shape index (κ3) is 8.46. The van der Waals surface area contributed by atoms with Crippen molar-refractivity contribution in [3.05, 3.63) is 0 Å². The van der Waals surface area contributed by atoms with E-state index in [0.717, 1.165) is 77.0 Å². The predicted octanol–water partition coefficient (Wildman–Crippen LogP) is 9.17. The molecule has 0 aliphatic heterocycles. The van der Waals surface area contributed by atoms with E-state index < -0.39 is 11.4 Å². The van der Waals surface area contributed by atoms with Crippen LogP contribution in [0.4, 0.5) is 0 Å². The minimum Gasteiger partial charge on any atom is -0.481 e. The molecule has 0 spiro atoms. The Balaban J connectivity index is 6.00. The van der Waals surface area contributed by atoms with E-state index in [-0.39, 0.29) is 5.41 Å². The smallest absolute Gasteiger partial charge is 0.310 e. The second-order valence-electron chi connectivity index (χ2n) is 9.25.